The quantitative estimate of drug-likeness (QED) is 0.896. The van der Waals surface area contributed by atoms with Crippen LogP contribution in [-0.2, 0) is 4.79 Å². The van der Waals surface area contributed by atoms with Gasteiger partial charge in [0.25, 0.3) is 5.91 Å². The first-order valence-electron chi connectivity index (χ1n) is 8.23. The maximum Gasteiger partial charge on any atom is 0.279 e. The fourth-order valence-corrected chi connectivity index (χ4v) is 3.82. The van der Waals surface area contributed by atoms with E-state index >= 15 is 0 Å². The van der Waals surface area contributed by atoms with Gasteiger partial charge in [0.1, 0.15) is 0 Å². The van der Waals surface area contributed by atoms with Gasteiger partial charge in [-0.3, -0.25) is 4.79 Å². The number of nitrogens with one attached hydrogen (secondary N) is 2. The summed E-state index contributed by atoms with van der Waals surface area (Å²) in [5.74, 6) is 1.54. The Morgan fingerprint density at radius 1 is 1.09 bits per heavy atom. The summed E-state index contributed by atoms with van der Waals surface area (Å²) >= 11 is 0. The molecule has 3 heteroatoms. The SMILES string of the molecule is C[C@@H]1C[C@@H](C)C[NH+](CC(=O)Nc2cccc3ccccc23)C1. The molecule has 2 aromatic carbocycles. The third kappa shape index (κ3) is 3.47. The van der Waals surface area contributed by atoms with Crippen LogP contribution in [0.4, 0.5) is 5.69 Å². The molecule has 1 aliphatic heterocycles. The monoisotopic (exact) mass is 297 g/mol. The summed E-state index contributed by atoms with van der Waals surface area (Å²) in [4.78, 5) is 13.8. The van der Waals surface area contributed by atoms with Crippen molar-refractivity contribution in [2.75, 3.05) is 25.0 Å². The number of likely N-dealkylation sites (tertiary alicyclic amines) is 1. The minimum Gasteiger partial charge on any atom is -0.327 e. The largest absolute Gasteiger partial charge is 0.327 e. The Kier molecular flexibility index (Phi) is 4.44. The van der Waals surface area contributed by atoms with Crippen molar-refractivity contribution in [2.24, 2.45) is 11.8 Å². The fraction of sp³-hybridized carbons (Fsp3) is 0.421. The lowest BCUT2D eigenvalue weighted by Gasteiger charge is -2.31. The predicted molar refractivity (Wildman–Crippen MR) is 91.1 cm³/mol. The van der Waals surface area contributed by atoms with E-state index in [0.29, 0.717) is 18.4 Å². The maximum atomic E-state index is 12.4. The first-order chi connectivity index (χ1) is 10.6. The molecule has 1 amide bonds. The second-order valence-electron chi connectivity index (χ2n) is 6.86. The van der Waals surface area contributed by atoms with Gasteiger partial charge in [0.2, 0.25) is 0 Å². The van der Waals surface area contributed by atoms with E-state index in [1.807, 2.05) is 24.3 Å². The molecule has 0 bridgehead atoms. The van der Waals surface area contributed by atoms with Gasteiger partial charge in [-0.25, -0.2) is 0 Å². The first kappa shape index (κ1) is 15.0. The molecule has 3 nitrogen and oxygen atoms in total. The van der Waals surface area contributed by atoms with Gasteiger partial charge in [-0.1, -0.05) is 50.2 Å². The van der Waals surface area contributed by atoms with Crippen molar-refractivity contribution < 1.29 is 9.69 Å². The summed E-state index contributed by atoms with van der Waals surface area (Å²) in [6.45, 7) is 7.36. The normalized spacial score (nSPS) is 25.1. The van der Waals surface area contributed by atoms with Gasteiger partial charge >= 0.3 is 0 Å². The first-order valence-corrected chi connectivity index (χ1v) is 8.23. The smallest absolute Gasteiger partial charge is 0.279 e. The molecule has 1 fully saturated rings. The highest BCUT2D eigenvalue weighted by Gasteiger charge is 2.26. The van der Waals surface area contributed by atoms with Gasteiger partial charge in [0.05, 0.1) is 13.1 Å². The van der Waals surface area contributed by atoms with Crippen LogP contribution in [0.5, 0.6) is 0 Å². The van der Waals surface area contributed by atoms with E-state index < -0.39 is 0 Å². The highest BCUT2D eigenvalue weighted by molar-refractivity contribution is 6.02. The minimum absolute atomic E-state index is 0.118. The molecular weight excluding hydrogens is 272 g/mol. The van der Waals surface area contributed by atoms with Crippen LogP contribution in [0.3, 0.4) is 0 Å². The number of fused-ring (bicyclic) bond motifs is 1. The summed E-state index contributed by atoms with van der Waals surface area (Å²) < 4.78 is 0. The van der Waals surface area contributed by atoms with Crippen LogP contribution >= 0.6 is 0 Å². The van der Waals surface area contributed by atoms with E-state index in [2.05, 4.69) is 37.4 Å². The number of amides is 1. The van der Waals surface area contributed by atoms with Gasteiger partial charge in [-0.2, -0.15) is 0 Å². The van der Waals surface area contributed by atoms with E-state index in [9.17, 15) is 4.79 Å². The summed E-state index contributed by atoms with van der Waals surface area (Å²) in [6, 6.07) is 14.2. The summed E-state index contributed by atoms with van der Waals surface area (Å²) in [6.07, 6.45) is 1.29. The zero-order valence-corrected chi connectivity index (χ0v) is 13.4. The van der Waals surface area contributed by atoms with Gasteiger partial charge in [0, 0.05) is 22.9 Å². The lowest BCUT2D eigenvalue weighted by atomic mass is 9.92. The van der Waals surface area contributed by atoms with Crippen LogP contribution in [0.1, 0.15) is 20.3 Å². The van der Waals surface area contributed by atoms with Crippen LogP contribution in [0.2, 0.25) is 0 Å². The molecule has 2 aromatic rings. The summed E-state index contributed by atoms with van der Waals surface area (Å²) in [7, 11) is 0. The van der Waals surface area contributed by atoms with E-state index in [1.165, 1.54) is 11.3 Å². The van der Waals surface area contributed by atoms with E-state index in [1.54, 1.807) is 0 Å². The molecule has 0 spiro atoms. The predicted octanol–water partition coefficient (Wildman–Crippen LogP) is 2.34. The molecule has 2 N–H and O–H groups in total. The number of carbonyl (C=O) groups is 1. The highest BCUT2D eigenvalue weighted by Crippen LogP contribution is 2.22. The lowest BCUT2D eigenvalue weighted by molar-refractivity contribution is -0.904. The molecule has 2 atom stereocenters. The van der Waals surface area contributed by atoms with Crippen molar-refractivity contribution >= 4 is 22.4 Å². The topological polar surface area (TPSA) is 33.5 Å². The van der Waals surface area contributed by atoms with Crippen molar-refractivity contribution in [1.29, 1.82) is 0 Å². The number of hydrogen-bond acceptors (Lipinski definition) is 1. The van der Waals surface area contributed by atoms with E-state index in [4.69, 9.17) is 0 Å². The third-order valence-electron chi connectivity index (χ3n) is 4.55. The van der Waals surface area contributed by atoms with Crippen molar-refractivity contribution in [2.45, 2.75) is 20.3 Å². The van der Waals surface area contributed by atoms with Crippen LogP contribution in [0, 0.1) is 11.8 Å². The maximum absolute atomic E-state index is 12.4. The number of quaternary nitrogens is 1. The molecule has 0 aliphatic carbocycles. The Morgan fingerprint density at radius 2 is 1.77 bits per heavy atom. The van der Waals surface area contributed by atoms with Crippen LogP contribution in [-0.4, -0.2) is 25.5 Å². The lowest BCUT2D eigenvalue weighted by Crippen LogP contribution is -3.15. The van der Waals surface area contributed by atoms with Gasteiger partial charge in [-0.05, 0) is 17.9 Å². The van der Waals surface area contributed by atoms with Crippen molar-refractivity contribution in [3.63, 3.8) is 0 Å². The average Bonchev–Trinajstić information content (AvgIpc) is 2.46. The molecule has 1 aliphatic rings. The average molecular weight is 297 g/mol. The molecule has 1 heterocycles. The van der Waals surface area contributed by atoms with Crippen LogP contribution in [0.25, 0.3) is 10.8 Å². The van der Waals surface area contributed by atoms with Crippen LogP contribution < -0.4 is 10.2 Å². The molecule has 116 valence electrons. The number of carbonyl (C=O) groups excluding carboxylic acids is 1. The Bertz CT molecular complexity index is 652. The van der Waals surface area contributed by atoms with Crippen molar-refractivity contribution in [1.82, 2.24) is 0 Å². The van der Waals surface area contributed by atoms with Crippen molar-refractivity contribution in [3.05, 3.63) is 42.5 Å². The van der Waals surface area contributed by atoms with Crippen molar-refractivity contribution in [3.8, 4) is 0 Å². The molecule has 3 rings (SSSR count). The Morgan fingerprint density at radius 3 is 2.55 bits per heavy atom. The minimum atomic E-state index is 0.118. The van der Waals surface area contributed by atoms with Gasteiger partial charge in [-0.15, -0.1) is 0 Å². The van der Waals surface area contributed by atoms with Gasteiger partial charge < -0.3 is 10.2 Å². The fourth-order valence-electron chi connectivity index (χ4n) is 3.82. The molecule has 0 aromatic heterocycles. The number of benzene rings is 2. The van der Waals surface area contributed by atoms with Gasteiger partial charge in [0.15, 0.2) is 6.54 Å². The Hall–Kier alpha value is -1.87. The molecule has 0 unspecified atom stereocenters. The number of rotatable bonds is 3. The second kappa shape index (κ2) is 6.49. The number of piperidine rings is 1. The Labute approximate surface area is 132 Å². The number of anilines is 1. The molecular formula is C19H25N2O+. The molecule has 22 heavy (non-hydrogen) atoms. The highest BCUT2D eigenvalue weighted by atomic mass is 16.2. The summed E-state index contributed by atoms with van der Waals surface area (Å²) in [5, 5.41) is 5.37. The van der Waals surface area contributed by atoms with Crippen LogP contribution in [0.15, 0.2) is 42.5 Å². The molecule has 0 radical (unpaired) electrons. The van der Waals surface area contributed by atoms with E-state index in [-0.39, 0.29) is 5.91 Å². The van der Waals surface area contributed by atoms with E-state index in [0.717, 1.165) is 29.5 Å². The molecule has 0 saturated carbocycles. The number of hydrogen-bond donors (Lipinski definition) is 2. The zero-order valence-electron chi connectivity index (χ0n) is 13.4. The summed E-state index contributed by atoms with van der Waals surface area (Å²) in [5.41, 5.74) is 0.917. The Balaban J connectivity index is 1.68. The third-order valence-corrected chi connectivity index (χ3v) is 4.55. The second-order valence-corrected chi connectivity index (χ2v) is 6.86. The standard InChI is InChI=1S/C19H24N2O/c1-14-10-15(2)12-21(11-14)13-19(22)20-18-9-5-7-16-6-3-4-8-17(16)18/h3-9,14-15H,10-13H2,1-2H3,(H,20,22)/p+1/t14-,15-/m1/s1. The molecule has 1 saturated heterocycles. The zero-order chi connectivity index (χ0) is 15.5.